The standard InChI is InChI=1S/C26H22N3OS3.C7H8O3S/c1-4-29-22(15-21-27(2)18-11-7-8-12-19(18)31-21)33-24(25(29)30)26-28(3)23-17-10-6-5-9-16(17)13-14-20(23)32-26;1-6-2-4-7(5-3-6)11(8,9)10/h5-15H,4H2,1-3H3;2-5H,1H3,(H,8,9,10)/q+1;/p-1/b26-24-;. The Labute approximate surface area is 267 Å². The Balaban J connectivity index is 0.000000265. The predicted octanol–water partition coefficient (Wildman–Crippen LogP) is 5.16. The van der Waals surface area contributed by atoms with E-state index < -0.39 is 10.1 Å². The zero-order chi connectivity index (χ0) is 31.2. The minimum absolute atomic E-state index is 0.0870. The maximum absolute atomic E-state index is 13.5. The average Bonchev–Trinajstić information content (AvgIpc) is 3.63. The summed E-state index contributed by atoms with van der Waals surface area (Å²) in [7, 11) is -0.107. The lowest BCUT2D eigenvalue weighted by atomic mass is 10.1. The maximum atomic E-state index is 13.5. The first kappa shape index (κ1) is 30.3. The molecule has 2 aromatic heterocycles. The lowest BCUT2D eigenvalue weighted by Crippen LogP contribution is -2.34. The molecular formula is C33H29N3O4S4. The van der Waals surface area contributed by atoms with Crippen LogP contribution in [0.4, 0.5) is 5.69 Å². The van der Waals surface area contributed by atoms with Gasteiger partial charge in [0.25, 0.3) is 10.6 Å². The SMILES string of the molecule is CCn1c(=O)/c(=C2/Sc3ccc4ccccc4c3N2C)s/c1=C/c1sc2ccccc2[n+]1C.Cc1ccc(S(=O)(=O)[O-])cc1. The number of nitrogens with zero attached hydrogens (tertiary/aromatic N) is 3. The van der Waals surface area contributed by atoms with E-state index in [-0.39, 0.29) is 10.5 Å². The first-order chi connectivity index (χ1) is 21.1. The molecular weight excluding hydrogens is 631 g/mol. The van der Waals surface area contributed by atoms with Crippen molar-refractivity contribution in [3.05, 3.63) is 115 Å². The zero-order valence-electron chi connectivity index (χ0n) is 24.5. The smallest absolute Gasteiger partial charge is 0.271 e. The van der Waals surface area contributed by atoms with Crippen LogP contribution in [-0.2, 0) is 23.7 Å². The topological polar surface area (TPSA) is 86.3 Å². The number of para-hydroxylation sites is 1. The molecule has 1 aliphatic heterocycles. The fourth-order valence-electron chi connectivity index (χ4n) is 5.16. The number of aromatic nitrogens is 2. The lowest BCUT2D eigenvalue weighted by molar-refractivity contribution is -0.642. The van der Waals surface area contributed by atoms with Gasteiger partial charge in [-0.05, 0) is 43.5 Å². The van der Waals surface area contributed by atoms with Crippen LogP contribution in [0.15, 0.2) is 99.5 Å². The third-order valence-electron chi connectivity index (χ3n) is 7.46. The Kier molecular flexibility index (Phi) is 8.25. The minimum Gasteiger partial charge on any atom is -0.744 e. The Morgan fingerprint density at radius 3 is 2.34 bits per heavy atom. The summed E-state index contributed by atoms with van der Waals surface area (Å²) in [5, 5.41) is 4.58. The van der Waals surface area contributed by atoms with E-state index in [2.05, 4.69) is 90.3 Å². The number of thioether (sulfide) groups is 1. The molecule has 7 rings (SSSR count). The van der Waals surface area contributed by atoms with Crippen LogP contribution < -0.4 is 24.2 Å². The quantitative estimate of drug-likeness (QED) is 0.193. The second kappa shape index (κ2) is 12.0. The maximum Gasteiger partial charge on any atom is 0.271 e. The van der Waals surface area contributed by atoms with Crippen molar-refractivity contribution in [2.75, 3.05) is 11.9 Å². The molecule has 0 saturated carbocycles. The van der Waals surface area contributed by atoms with E-state index in [1.807, 2.05) is 18.4 Å². The van der Waals surface area contributed by atoms with Crippen LogP contribution in [0.1, 0.15) is 17.5 Å². The molecule has 0 bridgehead atoms. The normalized spacial score (nSPS) is 14.7. The number of hydrogen-bond acceptors (Lipinski definition) is 8. The van der Waals surface area contributed by atoms with Crippen molar-refractivity contribution < 1.29 is 17.5 Å². The Morgan fingerprint density at radius 2 is 1.64 bits per heavy atom. The Hall–Kier alpha value is -3.74. The second-order valence-electron chi connectivity index (χ2n) is 10.3. The van der Waals surface area contributed by atoms with Crippen LogP contribution in [0.5, 0.6) is 0 Å². The first-order valence-corrected chi connectivity index (χ1v) is 17.7. The summed E-state index contributed by atoms with van der Waals surface area (Å²) in [6.45, 7) is 4.51. The van der Waals surface area contributed by atoms with Crippen molar-refractivity contribution in [2.24, 2.45) is 7.05 Å². The van der Waals surface area contributed by atoms with Crippen molar-refractivity contribution in [1.82, 2.24) is 4.57 Å². The summed E-state index contributed by atoms with van der Waals surface area (Å²) in [6, 6.07) is 27.0. The van der Waals surface area contributed by atoms with E-state index in [0.29, 0.717) is 6.54 Å². The van der Waals surface area contributed by atoms with Gasteiger partial charge in [0.15, 0.2) is 0 Å². The summed E-state index contributed by atoms with van der Waals surface area (Å²) in [4.78, 5) is 16.7. The summed E-state index contributed by atoms with van der Waals surface area (Å²) in [5.74, 6) is 0. The van der Waals surface area contributed by atoms with Gasteiger partial charge in [-0.15, -0.1) is 11.3 Å². The molecule has 0 fully saturated rings. The number of benzene rings is 4. The number of rotatable bonds is 3. The number of anilines is 1. The molecule has 0 amide bonds. The Morgan fingerprint density at radius 1 is 0.932 bits per heavy atom. The van der Waals surface area contributed by atoms with E-state index >= 15 is 0 Å². The second-order valence-corrected chi connectivity index (χ2v) is 14.8. The van der Waals surface area contributed by atoms with Gasteiger partial charge in [0.2, 0.25) is 5.52 Å². The molecule has 7 nitrogen and oxygen atoms in total. The molecule has 0 atom stereocenters. The molecule has 11 heteroatoms. The highest BCUT2D eigenvalue weighted by atomic mass is 32.2. The monoisotopic (exact) mass is 659 g/mol. The highest BCUT2D eigenvalue weighted by Gasteiger charge is 2.27. The van der Waals surface area contributed by atoms with Crippen molar-refractivity contribution >= 4 is 82.3 Å². The lowest BCUT2D eigenvalue weighted by Gasteiger charge is -2.15. The van der Waals surface area contributed by atoms with Gasteiger partial charge in [0.05, 0.1) is 16.7 Å². The molecule has 44 heavy (non-hydrogen) atoms. The van der Waals surface area contributed by atoms with E-state index in [1.54, 1.807) is 46.6 Å². The van der Waals surface area contributed by atoms with Crippen LogP contribution in [-0.4, -0.2) is 24.6 Å². The van der Waals surface area contributed by atoms with Crippen LogP contribution >= 0.6 is 34.4 Å². The van der Waals surface area contributed by atoms with Crippen LogP contribution in [0, 0.1) is 6.92 Å². The predicted molar refractivity (Wildman–Crippen MR) is 181 cm³/mol. The highest BCUT2D eigenvalue weighted by molar-refractivity contribution is 8.08. The Bertz CT molecular complexity index is 2340. The van der Waals surface area contributed by atoms with Gasteiger partial charge in [-0.2, -0.15) is 4.57 Å². The van der Waals surface area contributed by atoms with Gasteiger partial charge in [0, 0.05) is 29.9 Å². The van der Waals surface area contributed by atoms with E-state index in [9.17, 15) is 17.8 Å². The van der Waals surface area contributed by atoms with Gasteiger partial charge < -0.3 is 9.45 Å². The summed E-state index contributed by atoms with van der Waals surface area (Å²) < 4.78 is 38.3. The summed E-state index contributed by atoms with van der Waals surface area (Å²) >= 11 is 5.04. The number of fused-ring (bicyclic) bond motifs is 4. The summed E-state index contributed by atoms with van der Waals surface area (Å²) in [5.41, 5.74) is 3.41. The molecule has 0 aliphatic carbocycles. The molecule has 0 saturated heterocycles. The van der Waals surface area contributed by atoms with Crippen LogP contribution in [0.3, 0.4) is 0 Å². The van der Waals surface area contributed by atoms with Crippen molar-refractivity contribution in [2.45, 2.75) is 30.2 Å². The molecule has 6 aromatic rings. The molecule has 3 heterocycles. The molecule has 4 aromatic carbocycles. The zero-order valence-corrected chi connectivity index (χ0v) is 27.7. The number of thiazole rings is 2. The largest absolute Gasteiger partial charge is 0.744 e. The minimum atomic E-state index is -4.27. The first-order valence-electron chi connectivity index (χ1n) is 13.9. The molecule has 0 N–H and O–H groups in total. The molecule has 0 radical (unpaired) electrons. The number of hydrogen-bond donors (Lipinski definition) is 0. The fraction of sp³-hybridized carbons (Fsp3) is 0.152. The summed E-state index contributed by atoms with van der Waals surface area (Å²) in [6.07, 6.45) is 2.16. The van der Waals surface area contributed by atoms with Crippen LogP contribution in [0.25, 0.3) is 32.1 Å². The number of aryl methyl sites for hydroxylation is 2. The van der Waals surface area contributed by atoms with Crippen molar-refractivity contribution in [3.63, 3.8) is 0 Å². The van der Waals surface area contributed by atoms with Gasteiger partial charge >= 0.3 is 0 Å². The third kappa shape index (κ3) is 5.62. The van der Waals surface area contributed by atoms with E-state index in [4.69, 9.17) is 0 Å². The van der Waals surface area contributed by atoms with Crippen molar-refractivity contribution in [3.8, 4) is 0 Å². The molecule has 224 valence electrons. The molecule has 0 unspecified atom stereocenters. The van der Waals surface area contributed by atoms with Gasteiger partial charge in [-0.3, -0.25) is 9.36 Å². The average molecular weight is 660 g/mol. The van der Waals surface area contributed by atoms with E-state index in [1.165, 1.54) is 43.7 Å². The van der Waals surface area contributed by atoms with Gasteiger partial charge in [0.1, 0.15) is 36.1 Å². The fourth-order valence-corrected chi connectivity index (χ4v) is 9.26. The van der Waals surface area contributed by atoms with E-state index in [0.717, 1.165) is 24.8 Å². The van der Waals surface area contributed by atoms with Crippen LogP contribution in [0.2, 0.25) is 0 Å². The highest BCUT2D eigenvalue weighted by Crippen LogP contribution is 2.48. The van der Waals surface area contributed by atoms with Gasteiger partial charge in [-0.25, -0.2) is 8.42 Å². The molecule has 1 aliphatic rings. The van der Waals surface area contributed by atoms with Crippen molar-refractivity contribution in [1.29, 1.82) is 0 Å². The van der Waals surface area contributed by atoms with Gasteiger partial charge in [-0.1, -0.05) is 83.3 Å². The third-order valence-corrected chi connectivity index (χ3v) is 11.9. The molecule has 0 spiro atoms.